The first-order valence-corrected chi connectivity index (χ1v) is 9.36. The van der Waals surface area contributed by atoms with Crippen LogP contribution < -0.4 is 0 Å². The lowest BCUT2D eigenvalue weighted by Crippen LogP contribution is -1.84. The second-order valence-electron chi connectivity index (χ2n) is 4.60. The largest absolute Gasteiger partial charge is 0.420 e. The van der Waals surface area contributed by atoms with Crippen molar-refractivity contribution in [3.8, 4) is 11.5 Å². The highest BCUT2D eigenvalue weighted by molar-refractivity contribution is 9.10. The maximum absolute atomic E-state index is 5.73. The first-order valence-electron chi connectivity index (χ1n) is 6.62. The normalized spacial score (nSPS) is 10.8. The average Bonchev–Trinajstić information content (AvgIpc) is 2.96. The minimum atomic E-state index is 0.547. The second kappa shape index (κ2) is 7.44. The van der Waals surface area contributed by atoms with Gasteiger partial charge in [0.05, 0.1) is 11.3 Å². The Bertz CT molecular complexity index is 776. The Morgan fingerprint density at radius 3 is 2.64 bits per heavy atom. The molecule has 3 aromatic rings. The number of aromatic nitrogens is 2. The van der Waals surface area contributed by atoms with Crippen LogP contribution in [0.5, 0.6) is 0 Å². The molecule has 0 spiro atoms. The molecule has 0 bridgehead atoms. The molecule has 112 valence electrons. The van der Waals surface area contributed by atoms with Crippen molar-refractivity contribution in [3.63, 3.8) is 0 Å². The molecule has 0 aliphatic rings. The van der Waals surface area contributed by atoms with E-state index in [1.807, 2.05) is 36.4 Å². The van der Waals surface area contributed by atoms with E-state index in [1.165, 1.54) is 5.56 Å². The van der Waals surface area contributed by atoms with Crippen molar-refractivity contribution < 1.29 is 4.42 Å². The molecule has 1 heterocycles. The molecule has 2 aromatic carbocycles. The summed E-state index contributed by atoms with van der Waals surface area (Å²) in [5, 5.41) is 8.23. The van der Waals surface area contributed by atoms with Crippen molar-refractivity contribution in [1.29, 1.82) is 0 Å². The van der Waals surface area contributed by atoms with E-state index in [0.29, 0.717) is 17.5 Å². The van der Waals surface area contributed by atoms with Crippen LogP contribution in [0, 0.1) is 0 Å². The van der Waals surface area contributed by atoms with Gasteiger partial charge >= 0.3 is 0 Å². The molecule has 1 aromatic heterocycles. The minimum Gasteiger partial charge on any atom is -0.420 e. The second-order valence-corrected chi connectivity index (χ2v) is 7.36. The van der Waals surface area contributed by atoms with Crippen LogP contribution in [0.4, 0.5) is 0 Å². The molecular weight excluding hydrogens is 428 g/mol. The SMILES string of the molecule is Brc1cccc(CSCc2nnc(-c3ccccc3Br)o2)c1. The fourth-order valence-corrected chi connectivity index (χ4v) is 3.65. The Kier molecular flexibility index (Phi) is 5.33. The zero-order valence-electron chi connectivity index (χ0n) is 11.5. The smallest absolute Gasteiger partial charge is 0.248 e. The molecule has 0 saturated carbocycles. The van der Waals surface area contributed by atoms with Crippen molar-refractivity contribution in [2.75, 3.05) is 0 Å². The maximum atomic E-state index is 5.73. The van der Waals surface area contributed by atoms with Crippen LogP contribution in [0.15, 0.2) is 61.9 Å². The number of hydrogen-bond acceptors (Lipinski definition) is 4. The molecule has 3 rings (SSSR count). The molecule has 0 atom stereocenters. The highest BCUT2D eigenvalue weighted by Crippen LogP contribution is 2.28. The number of thioether (sulfide) groups is 1. The zero-order chi connectivity index (χ0) is 15.4. The zero-order valence-corrected chi connectivity index (χ0v) is 15.5. The first kappa shape index (κ1) is 15.8. The molecule has 0 aliphatic heterocycles. The lowest BCUT2D eigenvalue weighted by molar-refractivity contribution is 0.528. The van der Waals surface area contributed by atoms with Gasteiger partial charge in [-0.3, -0.25) is 0 Å². The van der Waals surface area contributed by atoms with Crippen LogP contribution in [0.3, 0.4) is 0 Å². The standard InChI is InChI=1S/C16H12Br2N2OS/c17-12-5-3-4-11(8-12)9-22-10-15-19-20-16(21-15)13-6-1-2-7-14(13)18/h1-8H,9-10H2. The molecule has 6 heteroatoms. The van der Waals surface area contributed by atoms with E-state index >= 15 is 0 Å². The van der Waals surface area contributed by atoms with Crippen LogP contribution in [0.2, 0.25) is 0 Å². The van der Waals surface area contributed by atoms with Gasteiger partial charge in [0.25, 0.3) is 0 Å². The summed E-state index contributed by atoms with van der Waals surface area (Å²) >= 11 is 8.73. The highest BCUT2D eigenvalue weighted by Gasteiger charge is 2.11. The quantitative estimate of drug-likeness (QED) is 0.511. The van der Waals surface area contributed by atoms with Crippen molar-refractivity contribution >= 4 is 43.6 Å². The number of hydrogen-bond donors (Lipinski definition) is 0. The molecule has 0 aliphatic carbocycles. The van der Waals surface area contributed by atoms with Crippen LogP contribution >= 0.6 is 43.6 Å². The lowest BCUT2D eigenvalue weighted by atomic mass is 10.2. The molecule has 0 amide bonds. The minimum absolute atomic E-state index is 0.547. The fraction of sp³-hybridized carbons (Fsp3) is 0.125. The molecule has 0 fully saturated rings. The molecular formula is C16H12Br2N2OS. The molecule has 0 saturated heterocycles. The highest BCUT2D eigenvalue weighted by atomic mass is 79.9. The Morgan fingerprint density at radius 1 is 0.955 bits per heavy atom. The summed E-state index contributed by atoms with van der Waals surface area (Å²) in [6, 6.07) is 16.1. The van der Waals surface area contributed by atoms with Crippen LogP contribution in [-0.2, 0) is 11.5 Å². The van der Waals surface area contributed by atoms with E-state index in [4.69, 9.17) is 4.42 Å². The molecule has 22 heavy (non-hydrogen) atoms. The van der Waals surface area contributed by atoms with E-state index in [1.54, 1.807) is 11.8 Å². The van der Waals surface area contributed by atoms with Crippen molar-refractivity contribution in [2.24, 2.45) is 0 Å². The summed E-state index contributed by atoms with van der Waals surface area (Å²) in [4.78, 5) is 0. The summed E-state index contributed by atoms with van der Waals surface area (Å²) in [6.07, 6.45) is 0. The van der Waals surface area contributed by atoms with E-state index in [-0.39, 0.29) is 0 Å². The van der Waals surface area contributed by atoms with Crippen LogP contribution in [0.25, 0.3) is 11.5 Å². The average molecular weight is 440 g/mol. The van der Waals surface area contributed by atoms with E-state index in [2.05, 4.69) is 54.2 Å². The predicted octanol–water partition coefficient (Wildman–Crippen LogP) is 5.70. The monoisotopic (exact) mass is 438 g/mol. The number of rotatable bonds is 5. The molecule has 0 N–H and O–H groups in total. The van der Waals surface area contributed by atoms with Gasteiger partial charge < -0.3 is 4.42 Å². The summed E-state index contributed by atoms with van der Waals surface area (Å²) in [5.74, 6) is 2.80. The first-order chi connectivity index (χ1) is 10.7. The van der Waals surface area contributed by atoms with Crippen molar-refractivity contribution in [1.82, 2.24) is 10.2 Å². The number of halogens is 2. The summed E-state index contributed by atoms with van der Waals surface area (Å²) < 4.78 is 7.78. The summed E-state index contributed by atoms with van der Waals surface area (Å²) in [5.41, 5.74) is 2.18. The Hall–Kier alpha value is -1.11. The maximum Gasteiger partial charge on any atom is 0.248 e. The number of nitrogens with zero attached hydrogens (tertiary/aromatic N) is 2. The molecule has 3 nitrogen and oxygen atoms in total. The van der Waals surface area contributed by atoms with E-state index in [0.717, 1.165) is 20.3 Å². The van der Waals surface area contributed by atoms with Crippen LogP contribution in [-0.4, -0.2) is 10.2 Å². The van der Waals surface area contributed by atoms with Gasteiger partial charge in [0, 0.05) is 14.7 Å². The summed E-state index contributed by atoms with van der Waals surface area (Å²) in [7, 11) is 0. The number of benzene rings is 2. The van der Waals surface area contributed by atoms with Gasteiger partial charge in [-0.25, -0.2) is 0 Å². The van der Waals surface area contributed by atoms with Gasteiger partial charge in [-0.15, -0.1) is 22.0 Å². The third-order valence-corrected chi connectivity index (χ3v) is 5.13. The van der Waals surface area contributed by atoms with Gasteiger partial charge in [0.15, 0.2) is 0 Å². The molecule has 0 radical (unpaired) electrons. The summed E-state index contributed by atoms with van der Waals surface area (Å²) in [6.45, 7) is 0. The third-order valence-electron chi connectivity index (χ3n) is 2.95. The van der Waals surface area contributed by atoms with Gasteiger partial charge in [0.1, 0.15) is 0 Å². The molecule has 0 unspecified atom stereocenters. The van der Waals surface area contributed by atoms with Gasteiger partial charge in [0.2, 0.25) is 11.8 Å². The fourth-order valence-electron chi connectivity index (χ4n) is 1.94. The topological polar surface area (TPSA) is 38.9 Å². The van der Waals surface area contributed by atoms with Crippen LogP contribution in [0.1, 0.15) is 11.5 Å². The third kappa shape index (κ3) is 4.00. The van der Waals surface area contributed by atoms with E-state index in [9.17, 15) is 0 Å². The predicted molar refractivity (Wildman–Crippen MR) is 96.6 cm³/mol. The van der Waals surface area contributed by atoms with Crippen molar-refractivity contribution in [2.45, 2.75) is 11.5 Å². The van der Waals surface area contributed by atoms with Crippen molar-refractivity contribution in [3.05, 3.63) is 68.9 Å². The van der Waals surface area contributed by atoms with Gasteiger partial charge in [-0.05, 0) is 45.8 Å². The Labute approximate surface area is 149 Å². The van der Waals surface area contributed by atoms with Gasteiger partial charge in [-0.1, -0.05) is 40.2 Å². The Balaban J connectivity index is 1.62. The van der Waals surface area contributed by atoms with Gasteiger partial charge in [-0.2, -0.15) is 0 Å². The Morgan fingerprint density at radius 2 is 1.82 bits per heavy atom. The van der Waals surface area contributed by atoms with E-state index < -0.39 is 0 Å². The lowest BCUT2D eigenvalue weighted by Gasteiger charge is -2.00.